The maximum Gasteiger partial charge on any atom is 0.434 e. The first-order valence-corrected chi connectivity index (χ1v) is 14.0. The molecular formula is C23H33F3N4O3S. The molecule has 2 heterocycles. The van der Waals surface area contributed by atoms with Gasteiger partial charge in [0.25, 0.3) is 5.91 Å². The molecule has 34 heavy (non-hydrogen) atoms. The Hall–Kier alpha value is -1.91. The average molecular weight is 503 g/mol. The van der Waals surface area contributed by atoms with Crippen molar-refractivity contribution in [1.82, 2.24) is 14.9 Å². The highest BCUT2D eigenvalue weighted by atomic mass is 32.2. The molecule has 5 rings (SSSR count). The normalized spacial score (nSPS) is 28.6. The number of halogens is 3. The molecule has 1 N–H and O–H groups in total. The summed E-state index contributed by atoms with van der Waals surface area (Å²) in [7, 11) is -3.27. The van der Waals surface area contributed by atoms with Gasteiger partial charge in [0, 0.05) is 24.8 Å². The zero-order valence-electron chi connectivity index (χ0n) is 19.6. The number of alkyl halides is 3. The van der Waals surface area contributed by atoms with Crippen molar-refractivity contribution in [1.29, 1.82) is 0 Å². The minimum atomic E-state index is -4.84. The van der Waals surface area contributed by atoms with E-state index in [1.165, 1.54) is 25.7 Å². The Morgan fingerprint density at radius 3 is 2.26 bits per heavy atom. The van der Waals surface area contributed by atoms with Crippen LogP contribution in [0.5, 0.6) is 0 Å². The van der Waals surface area contributed by atoms with Crippen molar-refractivity contribution >= 4 is 21.7 Å². The van der Waals surface area contributed by atoms with E-state index in [2.05, 4.69) is 22.2 Å². The minimum Gasteiger partial charge on any atom is -0.349 e. The Morgan fingerprint density at radius 1 is 1.09 bits per heavy atom. The number of nitrogens with zero attached hydrogens (tertiary/aromatic N) is 3. The number of hydrogen-bond acceptors (Lipinski definition) is 6. The Labute approximate surface area is 198 Å². The van der Waals surface area contributed by atoms with Crippen LogP contribution in [0.15, 0.2) is 6.20 Å². The second kappa shape index (κ2) is 9.28. The Morgan fingerprint density at radius 2 is 1.71 bits per heavy atom. The fraction of sp³-hybridized carbons (Fsp3) is 0.783. The molecule has 3 saturated carbocycles. The van der Waals surface area contributed by atoms with E-state index in [1.807, 2.05) is 0 Å². The molecule has 2 bridgehead atoms. The smallest absolute Gasteiger partial charge is 0.349 e. The van der Waals surface area contributed by atoms with Gasteiger partial charge >= 0.3 is 6.18 Å². The highest BCUT2D eigenvalue weighted by Gasteiger charge is 2.49. The summed E-state index contributed by atoms with van der Waals surface area (Å²) in [5, 5.41) is 3.21. The number of hydrogen-bond donors (Lipinski definition) is 1. The van der Waals surface area contributed by atoms with E-state index >= 15 is 0 Å². The SMILES string of the molecule is CCCCCC12CCC(Nc3ncc(C(=O)N4CCS(=O)(=O)CC4)c(C(F)(F)F)n3)(CC1)CC2. The van der Waals surface area contributed by atoms with Gasteiger partial charge in [-0.2, -0.15) is 13.2 Å². The van der Waals surface area contributed by atoms with E-state index in [9.17, 15) is 26.4 Å². The van der Waals surface area contributed by atoms with Crippen molar-refractivity contribution in [3.63, 3.8) is 0 Å². The zero-order valence-corrected chi connectivity index (χ0v) is 20.4. The number of carbonyl (C=O) groups is 1. The van der Waals surface area contributed by atoms with Crippen LogP contribution in [-0.2, 0) is 16.0 Å². The number of rotatable bonds is 7. The maximum absolute atomic E-state index is 13.9. The third-order valence-corrected chi connectivity index (χ3v) is 9.62. The van der Waals surface area contributed by atoms with Crippen LogP contribution < -0.4 is 5.32 Å². The molecule has 1 saturated heterocycles. The van der Waals surface area contributed by atoms with Gasteiger partial charge < -0.3 is 10.2 Å². The van der Waals surface area contributed by atoms with Gasteiger partial charge in [-0.15, -0.1) is 0 Å². The molecule has 4 fully saturated rings. The van der Waals surface area contributed by atoms with Gasteiger partial charge in [0.05, 0.1) is 17.1 Å². The first-order chi connectivity index (χ1) is 16.0. The Kier molecular flexibility index (Phi) is 6.87. The van der Waals surface area contributed by atoms with Crippen molar-refractivity contribution in [2.75, 3.05) is 29.9 Å². The lowest BCUT2D eigenvalue weighted by atomic mass is 9.56. The highest BCUT2D eigenvalue weighted by Crippen LogP contribution is 2.55. The molecule has 0 spiro atoms. The summed E-state index contributed by atoms with van der Waals surface area (Å²) in [6.45, 7) is 1.92. The van der Waals surface area contributed by atoms with Gasteiger partial charge in [0.2, 0.25) is 5.95 Å². The minimum absolute atomic E-state index is 0.106. The van der Waals surface area contributed by atoms with Crippen LogP contribution in [0.2, 0.25) is 0 Å². The Balaban J connectivity index is 1.49. The zero-order chi connectivity index (χ0) is 24.6. The highest BCUT2D eigenvalue weighted by molar-refractivity contribution is 7.91. The first-order valence-electron chi connectivity index (χ1n) is 12.2. The number of unbranched alkanes of at least 4 members (excludes halogenated alkanes) is 2. The van der Waals surface area contributed by atoms with Crippen molar-refractivity contribution in [3.8, 4) is 0 Å². The number of anilines is 1. The quantitative estimate of drug-likeness (QED) is 0.554. The predicted molar refractivity (Wildman–Crippen MR) is 122 cm³/mol. The summed E-state index contributed by atoms with van der Waals surface area (Å²) in [6.07, 6.45) is 6.80. The second-order valence-electron chi connectivity index (χ2n) is 10.3. The maximum atomic E-state index is 13.9. The van der Waals surface area contributed by atoms with Gasteiger partial charge in [-0.3, -0.25) is 4.79 Å². The molecule has 11 heteroatoms. The lowest BCUT2D eigenvalue weighted by Crippen LogP contribution is -2.51. The summed E-state index contributed by atoms with van der Waals surface area (Å²) in [5.41, 5.74) is -1.85. The van der Waals surface area contributed by atoms with E-state index in [-0.39, 0.29) is 36.1 Å². The average Bonchev–Trinajstić information content (AvgIpc) is 2.79. The van der Waals surface area contributed by atoms with Gasteiger partial charge in [-0.05, 0) is 50.4 Å². The largest absolute Gasteiger partial charge is 0.434 e. The van der Waals surface area contributed by atoms with Crippen molar-refractivity contribution in [2.45, 2.75) is 82.8 Å². The second-order valence-corrected chi connectivity index (χ2v) is 12.6. The molecule has 190 valence electrons. The van der Waals surface area contributed by atoms with E-state index in [4.69, 9.17) is 0 Å². The number of aromatic nitrogens is 2. The molecule has 0 atom stereocenters. The fourth-order valence-corrected chi connectivity index (χ4v) is 6.91. The van der Waals surface area contributed by atoms with Crippen LogP contribution in [0.3, 0.4) is 0 Å². The van der Waals surface area contributed by atoms with E-state index in [0.717, 1.165) is 49.6 Å². The number of sulfone groups is 1. The molecular weight excluding hydrogens is 469 g/mol. The Bertz CT molecular complexity index is 990. The summed E-state index contributed by atoms with van der Waals surface area (Å²) >= 11 is 0. The van der Waals surface area contributed by atoms with Crippen LogP contribution in [0.25, 0.3) is 0 Å². The van der Waals surface area contributed by atoms with E-state index in [1.54, 1.807) is 0 Å². The van der Waals surface area contributed by atoms with Gasteiger partial charge in [-0.1, -0.05) is 26.2 Å². The molecule has 1 amide bonds. The summed E-state index contributed by atoms with van der Waals surface area (Å²) in [6, 6.07) is 0. The van der Waals surface area contributed by atoms with Crippen molar-refractivity contribution in [3.05, 3.63) is 17.5 Å². The molecule has 0 unspecified atom stereocenters. The van der Waals surface area contributed by atoms with Crippen molar-refractivity contribution < 1.29 is 26.4 Å². The monoisotopic (exact) mass is 502 g/mol. The van der Waals surface area contributed by atoms with E-state index < -0.39 is 33.2 Å². The molecule has 3 aliphatic carbocycles. The molecule has 0 radical (unpaired) electrons. The lowest BCUT2D eigenvalue weighted by Gasteiger charge is -2.54. The molecule has 1 aromatic heterocycles. The third-order valence-electron chi connectivity index (χ3n) is 8.01. The number of amides is 1. The van der Waals surface area contributed by atoms with Crippen molar-refractivity contribution in [2.24, 2.45) is 5.41 Å². The fourth-order valence-electron chi connectivity index (χ4n) is 5.71. The molecule has 1 aromatic rings. The molecule has 0 aromatic carbocycles. The number of carbonyl (C=O) groups excluding carboxylic acids is 1. The van der Waals surface area contributed by atoms with E-state index in [0.29, 0.717) is 5.41 Å². The molecule has 7 nitrogen and oxygen atoms in total. The van der Waals surface area contributed by atoms with Crippen LogP contribution in [-0.4, -0.2) is 59.3 Å². The van der Waals surface area contributed by atoms with Crippen LogP contribution in [0, 0.1) is 5.41 Å². The van der Waals surface area contributed by atoms with Crippen LogP contribution >= 0.6 is 0 Å². The molecule has 4 aliphatic rings. The summed E-state index contributed by atoms with van der Waals surface area (Å²) < 4.78 is 64.8. The topological polar surface area (TPSA) is 92.3 Å². The van der Waals surface area contributed by atoms with Gasteiger partial charge in [0.15, 0.2) is 15.5 Å². The van der Waals surface area contributed by atoms with Crippen LogP contribution in [0.4, 0.5) is 19.1 Å². The standard InChI is InChI=1S/C23H33F3N4O3S/c1-2-3-4-5-21-6-9-22(10-7-21,11-8-21)29-20-27-16-17(18(28-20)23(24,25)26)19(31)30-12-14-34(32,33)15-13-30/h16H,2-15H2,1H3,(H,27,28,29). The summed E-state index contributed by atoms with van der Waals surface area (Å²) in [5.74, 6) is -1.52. The first kappa shape index (κ1) is 25.2. The van der Waals surface area contributed by atoms with Crippen LogP contribution in [0.1, 0.15) is 87.2 Å². The third kappa shape index (κ3) is 5.33. The van der Waals surface area contributed by atoms with Gasteiger partial charge in [-0.25, -0.2) is 18.4 Å². The number of nitrogens with one attached hydrogen (secondary N) is 1. The molecule has 1 aliphatic heterocycles. The summed E-state index contributed by atoms with van der Waals surface area (Å²) in [4.78, 5) is 21.8. The predicted octanol–water partition coefficient (Wildman–Crippen LogP) is 4.45. The number of fused-ring (bicyclic) bond motifs is 3. The lowest BCUT2D eigenvalue weighted by molar-refractivity contribution is -0.141. The van der Waals surface area contributed by atoms with Gasteiger partial charge in [0.1, 0.15) is 0 Å².